The second kappa shape index (κ2) is 19.3. The molecule has 0 spiro atoms. The number of phenols is 4. The van der Waals surface area contributed by atoms with Crippen LogP contribution in [-0.4, -0.2) is 48.9 Å². The lowest BCUT2D eigenvalue weighted by Crippen LogP contribution is -2.31. The number of aromatic hydroxyl groups is 4. The third kappa shape index (κ3) is 9.36. The Morgan fingerprint density at radius 3 is 0.962 bits per heavy atom. The highest BCUT2D eigenvalue weighted by molar-refractivity contribution is 5.54. The summed E-state index contributed by atoms with van der Waals surface area (Å²) in [6.07, 6.45) is 5.43. The van der Waals surface area contributed by atoms with Crippen molar-refractivity contribution in [2.45, 2.75) is 111 Å². The third-order valence-corrected chi connectivity index (χ3v) is 10.7. The summed E-state index contributed by atoms with van der Waals surface area (Å²) in [5, 5.41) is 44.7. The topological polar surface area (TPSA) is 118 Å². The molecular formula is C45H60O8. The molecule has 8 nitrogen and oxygen atoms in total. The molecule has 4 N–H and O–H groups in total. The van der Waals surface area contributed by atoms with Crippen LogP contribution in [0.15, 0.2) is 48.5 Å². The highest BCUT2D eigenvalue weighted by atomic mass is 16.5. The third-order valence-electron chi connectivity index (χ3n) is 10.7. The molecule has 0 aliphatic rings. The van der Waals surface area contributed by atoms with Crippen molar-refractivity contribution in [2.24, 2.45) is 0 Å². The fourth-order valence-electron chi connectivity index (χ4n) is 7.75. The van der Waals surface area contributed by atoms with Gasteiger partial charge in [-0.2, -0.15) is 0 Å². The lowest BCUT2D eigenvalue weighted by molar-refractivity contribution is 0.174. The Morgan fingerprint density at radius 1 is 0.396 bits per heavy atom. The summed E-state index contributed by atoms with van der Waals surface area (Å²) in [6.45, 7) is 9.25. The van der Waals surface area contributed by atoms with E-state index in [1.807, 2.05) is 26.0 Å². The zero-order valence-electron chi connectivity index (χ0n) is 33.0. The van der Waals surface area contributed by atoms with Crippen molar-refractivity contribution in [3.05, 3.63) is 115 Å². The Hall–Kier alpha value is -4.08. The van der Waals surface area contributed by atoms with Gasteiger partial charge in [0.05, 0.1) is 26.4 Å². The average molecular weight is 729 g/mol. The van der Waals surface area contributed by atoms with E-state index >= 15 is 0 Å². The van der Waals surface area contributed by atoms with E-state index in [4.69, 9.17) is 18.9 Å². The average Bonchev–Trinajstić information content (AvgIpc) is 3.16. The maximum atomic E-state index is 11.4. The highest BCUT2D eigenvalue weighted by Crippen LogP contribution is 2.46. The monoisotopic (exact) mass is 728 g/mol. The van der Waals surface area contributed by atoms with Gasteiger partial charge in [-0.3, -0.25) is 0 Å². The van der Waals surface area contributed by atoms with Gasteiger partial charge in [0.2, 0.25) is 0 Å². The highest BCUT2D eigenvalue weighted by Gasteiger charge is 2.36. The van der Waals surface area contributed by atoms with E-state index in [9.17, 15) is 20.4 Å². The molecule has 0 radical (unpaired) electrons. The molecule has 0 atom stereocenters. The van der Waals surface area contributed by atoms with Gasteiger partial charge < -0.3 is 39.4 Å². The summed E-state index contributed by atoms with van der Waals surface area (Å²) in [7, 11) is 6.51. The number of hydrogen-bond donors (Lipinski definition) is 4. The first-order chi connectivity index (χ1) is 25.5. The lowest BCUT2D eigenvalue weighted by atomic mass is 9.66. The quantitative estimate of drug-likeness (QED) is 0.0713. The van der Waals surface area contributed by atoms with Crippen LogP contribution in [0.25, 0.3) is 0 Å². The van der Waals surface area contributed by atoms with Crippen LogP contribution < -0.4 is 0 Å². The first-order valence-electron chi connectivity index (χ1n) is 18.9. The molecule has 0 unspecified atom stereocenters. The van der Waals surface area contributed by atoms with Crippen LogP contribution in [0.4, 0.5) is 0 Å². The summed E-state index contributed by atoms with van der Waals surface area (Å²) in [5.74, 6) is 1.05. The molecule has 0 fully saturated rings. The van der Waals surface area contributed by atoms with Crippen molar-refractivity contribution >= 4 is 0 Å². The van der Waals surface area contributed by atoms with Gasteiger partial charge in [-0.15, -0.1) is 0 Å². The Labute approximate surface area is 316 Å². The summed E-state index contributed by atoms with van der Waals surface area (Å²) in [4.78, 5) is 0. The Balaban J connectivity index is 2.06. The molecule has 0 saturated heterocycles. The van der Waals surface area contributed by atoms with Gasteiger partial charge in [0.15, 0.2) is 0 Å². The summed E-state index contributed by atoms with van der Waals surface area (Å²) in [5.41, 5.74) is 10.0. The first kappa shape index (κ1) is 41.7. The Bertz CT molecular complexity index is 1710. The Morgan fingerprint density at radius 2 is 0.642 bits per heavy atom. The van der Waals surface area contributed by atoms with Crippen LogP contribution in [-0.2, 0) is 89.3 Å². The zero-order chi connectivity index (χ0) is 38.7. The van der Waals surface area contributed by atoms with Gasteiger partial charge in [0.25, 0.3) is 0 Å². The largest absolute Gasteiger partial charge is 0.507 e. The summed E-state index contributed by atoms with van der Waals surface area (Å²) < 4.78 is 22.2. The zero-order valence-corrected chi connectivity index (χ0v) is 33.0. The Kier molecular flexibility index (Phi) is 15.2. The van der Waals surface area contributed by atoms with Crippen molar-refractivity contribution in [3.63, 3.8) is 0 Å². The lowest BCUT2D eigenvalue weighted by Gasteiger charge is -2.38. The molecule has 0 heterocycles. The van der Waals surface area contributed by atoms with Crippen LogP contribution >= 0.6 is 0 Å². The molecule has 0 aliphatic carbocycles. The number of rotatable bonds is 20. The summed E-state index contributed by atoms with van der Waals surface area (Å²) in [6, 6.07) is 16.7. The first-order valence-corrected chi connectivity index (χ1v) is 18.9. The van der Waals surface area contributed by atoms with Crippen molar-refractivity contribution in [1.82, 2.24) is 0 Å². The van der Waals surface area contributed by atoms with Crippen molar-refractivity contribution < 1.29 is 39.4 Å². The van der Waals surface area contributed by atoms with Gasteiger partial charge in [0.1, 0.15) is 23.0 Å². The van der Waals surface area contributed by atoms with Crippen molar-refractivity contribution in [2.75, 3.05) is 28.4 Å². The van der Waals surface area contributed by atoms with E-state index in [0.717, 1.165) is 68.5 Å². The number of aryl methyl sites for hydroxylation is 6. The number of phenolic OH excluding ortho intramolecular Hbond substituents is 4. The van der Waals surface area contributed by atoms with Crippen LogP contribution in [0.1, 0.15) is 107 Å². The van der Waals surface area contributed by atoms with Gasteiger partial charge in [0, 0.05) is 56.1 Å². The van der Waals surface area contributed by atoms with E-state index in [0.29, 0.717) is 55.4 Å². The smallest absolute Gasteiger partial charge is 0.126 e. The van der Waals surface area contributed by atoms with E-state index in [2.05, 4.69) is 50.2 Å². The molecule has 4 rings (SSSR count). The summed E-state index contributed by atoms with van der Waals surface area (Å²) >= 11 is 0. The van der Waals surface area contributed by atoms with Crippen LogP contribution in [0, 0.1) is 0 Å². The maximum Gasteiger partial charge on any atom is 0.126 e. The fourth-order valence-corrected chi connectivity index (χ4v) is 7.75. The molecule has 0 aliphatic heterocycles. The minimum Gasteiger partial charge on any atom is -0.507 e. The molecule has 0 saturated carbocycles. The van der Waals surface area contributed by atoms with Gasteiger partial charge in [-0.1, -0.05) is 52.0 Å². The molecule has 288 valence electrons. The number of hydrogen-bond acceptors (Lipinski definition) is 8. The molecular weight excluding hydrogens is 668 g/mol. The minimum absolute atomic E-state index is 0.181. The molecule has 4 aromatic carbocycles. The minimum atomic E-state index is -0.627. The van der Waals surface area contributed by atoms with Gasteiger partial charge in [-0.25, -0.2) is 0 Å². The molecule has 8 heteroatoms. The second-order valence-corrected chi connectivity index (χ2v) is 14.0. The van der Waals surface area contributed by atoms with E-state index in [-0.39, 0.29) is 43.7 Å². The molecule has 0 bridgehead atoms. The van der Waals surface area contributed by atoms with E-state index in [1.54, 1.807) is 28.4 Å². The second-order valence-electron chi connectivity index (χ2n) is 14.0. The van der Waals surface area contributed by atoms with Crippen molar-refractivity contribution in [3.8, 4) is 23.0 Å². The molecule has 4 aromatic rings. The molecule has 0 aromatic heterocycles. The van der Waals surface area contributed by atoms with Crippen LogP contribution in [0.2, 0.25) is 0 Å². The van der Waals surface area contributed by atoms with Crippen LogP contribution in [0.3, 0.4) is 0 Å². The van der Waals surface area contributed by atoms with E-state index in [1.165, 1.54) is 0 Å². The number of benzene rings is 4. The number of methoxy groups -OCH3 is 4. The molecule has 0 amide bonds. The fraction of sp³-hybridized carbons (Fsp3) is 0.467. The standard InChI is InChI=1S/C45H60O8/c1-9-31-17-29(18-32(10-2)41(31)46)13-15-45(39-21-33(11-3)42(47)37(23-39)27-52-7,40-22-34(12-4)43(48)38(24-40)28-53-8)16-14-30-19-35(25-50-5)44(49)36(20-30)26-51-6/h17-24,46-49H,9-16,25-28H2,1-8H3. The normalized spacial score (nSPS) is 11.8. The van der Waals surface area contributed by atoms with Gasteiger partial charge >= 0.3 is 0 Å². The number of ether oxygens (including phenoxy) is 4. The molecule has 53 heavy (non-hydrogen) atoms. The van der Waals surface area contributed by atoms with Crippen LogP contribution in [0.5, 0.6) is 23.0 Å². The van der Waals surface area contributed by atoms with Gasteiger partial charge in [-0.05, 0) is 120 Å². The van der Waals surface area contributed by atoms with E-state index < -0.39 is 5.41 Å². The predicted molar refractivity (Wildman–Crippen MR) is 210 cm³/mol. The SMILES string of the molecule is CCc1cc(CCC(CCc2cc(COC)c(O)c(COC)c2)(c2cc(CC)c(O)c(COC)c2)c2cc(CC)c(O)c(COC)c2)cc(CC)c1O. The van der Waals surface area contributed by atoms with Crippen molar-refractivity contribution in [1.29, 1.82) is 0 Å². The maximum absolute atomic E-state index is 11.4. The predicted octanol–water partition coefficient (Wildman–Crippen LogP) is 8.90.